The van der Waals surface area contributed by atoms with Gasteiger partial charge in [-0.1, -0.05) is 17.7 Å². The zero-order chi connectivity index (χ0) is 21.6. The maximum absolute atomic E-state index is 12.7. The molecule has 8 nitrogen and oxygen atoms in total. The molecule has 3 amide bonds. The van der Waals surface area contributed by atoms with E-state index >= 15 is 0 Å². The minimum atomic E-state index is -4.04. The normalized spacial score (nSPS) is 18.9. The van der Waals surface area contributed by atoms with Crippen LogP contribution in [0.4, 0.5) is 0 Å². The van der Waals surface area contributed by atoms with E-state index in [9.17, 15) is 22.8 Å². The van der Waals surface area contributed by atoms with E-state index in [-0.39, 0.29) is 41.8 Å². The second-order valence-corrected chi connectivity index (χ2v) is 9.04. The number of amides is 3. The molecule has 2 aromatic rings. The number of benzene rings is 2. The molecule has 0 radical (unpaired) electrons. The van der Waals surface area contributed by atoms with E-state index in [0.717, 1.165) is 5.56 Å². The van der Waals surface area contributed by atoms with Crippen LogP contribution < -0.4 is 9.50 Å². The molecule has 0 aliphatic carbocycles. The molecule has 1 fully saturated rings. The van der Waals surface area contributed by atoms with Crippen molar-refractivity contribution in [3.05, 3.63) is 58.7 Å². The second kappa shape index (κ2) is 7.24. The number of hydrogen-bond acceptors (Lipinski definition) is 6. The van der Waals surface area contributed by atoms with Crippen molar-refractivity contribution in [1.82, 2.24) is 10.2 Å². The van der Waals surface area contributed by atoms with Crippen molar-refractivity contribution >= 4 is 27.8 Å². The molecule has 1 N–H and O–H groups in total. The van der Waals surface area contributed by atoms with Gasteiger partial charge in [-0.25, -0.2) is 0 Å². The van der Waals surface area contributed by atoms with Gasteiger partial charge in [0.05, 0.1) is 0 Å². The number of nitrogens with one attached hydrogen (secondary N) is 1. The molecule has 1 saturated heterocycles. The highest BCUT2D eigenvalue weighted by Crippen LogP contribution is 2.31. The molecule has 2 aromatic carbocycles. The Balaban J connectivity index is 1.57. The molecule has 1 atom stereocenters. The lowest BCUT2D eigenvalue weighted by molar-refractivity contribution is -0.136. The van der Waals surface area contributed by atoms with E-state index < -0.39 is 22.1 Å². The Kier molecular flexibility index (Phi) is 4.85. The summed E-state index contributed by atoms with van der Waals surface area (Å²) in [4.78, 5) is 37.7. The molecule has 0 aromatic heterocycles. The molecular weight excluding hydrogens is 408 g/mol. The van der Waals surface area contributed by atoms with Crippen molar-refractivity contribution in [3.63, 3.8) is 0 Å². The number of carbonyl (C=O) groups excluding carboxylic acids is 3. The quantitative estimate of drug-likeness (QED) is 0.588. The van der Waals surface area contributed by atoms with Crippen LogP contribution >= 0.6 is 0 Å². The van der Waals surface area contributed by atoms with Crippen molar-refractivity contribution in [3.8, 4) is 5.75 Å². The molecule has 2 aliphatic heterocycles. The monoisotopic (exact) mass is 428 g/mol. The second-order valence-electron chi connectivity index (χ2n) is 7.53. The maximum Gasteiger partial charge on any atom is 0.339 e. The number of nitrogens with zero attached hydrogens (tertiary/aromatic N) is 1. The summed E-state index contributed by atoms with van der Waals surface area (Å²) in [5, 5.41) is 2.25. The number of aryl methyl sites for hydroxylation is 2. The summed E-state index contributed by atoms with van der Waals surface area (Å²) >= 11 is 0. The lowest BCUT2D eigenvalue weighted by Crippen LogP contribution is -2.52. The third-order valence-corrected chi connectivity index (χ3v) is 6.71. The van der Waals surface area contributed by atoms with E-state index in [1.807, 2.05) is 6.92 Å². The predicted octanol–water partition coefficient (Wildman–Crippen LogP) is 1.83. The molecule has 9 heteroatoms. The Morgan fingerprint density at radius 3 is 2.53 bits per heavy atom. The molecular formula is C21H20N2O6S. The van der Waals surface area contributed by atoms with Crippen LogP contribution in [0.5, 0.6) is 5.75 Å². The summed E-state index contributed by atoms with van der Waals surface area (Å²) in [7, 11) is -4.04. The van der Waals surface area contributed by atoms with Crippen LogP contribution in [-0.4, -0.2) is 37.1 Å². The van der Waals surface area contributed by atoms with Gasteiger partial charge in [0, 0.05) is 18.5 Å². The standard InChI is InChI=1S/C21H20N2O6S/c1-12-3-7-18(13(2)9-12)30(27,28)29-15-4-5-16-14(10-15)11-23(21(16)26)17-6-8-19(24)22-20(17)25/h3-5,7,9-10,17H,6,8,11H2,1-2H3,(H,22,24,25). The topological polar surface area (TPSA) is 110 Å². The van der Waals surface area contributed by atoms with Gasteiger partial charge in [0.2, 0.25) is 11.8 Å². The van der Waals surface area contributed by atoms with Crippen LogP contribution in [0.15, 0.2) is 41.3 Å². The van der Waals surface area contributed by atoms with Crippen LogP contribution in [-0.2, 0) is 26.3 Å². The minimum absolute atomic E-state index is 0.0786. The third-order valence-electron chi connectivity index (χ3n) is 5.30. The molecule has 2 aliphatic rings. The van der Waals surface area contributed by atoms with Crippen LogP contribution in [0.25, 0.3) is 0 Å². The summed E-state index contributed by atoms with van der Waals surface area (Å²) in [5.41, 5.74) is 2.47. The molecule has 1 unspecified atom stereocenters. The van der Waals surface area contributed by atoms with Crippen LogP contribution in [0, 0.1) is 13.8 Å². The van der Waals surface area contributed by atoms with Gasteiger partial charge in [-0.15, -0.1) is 0 Å². The summed E-state index contributed by atoms with van der Waals surface area (Å²) in [6, 6.07) is 8.65. The Morgan fingerprint density at radius 2 is 1.83 bits per heavy atom. The largest absolute Gasteiger partial charge is 0.379 e. The molecule has 2 heterocycles. The summed E-state index contributed by atoms with van der Waals surface area (Å²) < 4.78 is 30.7. The highest BCUT2D eigenvalue weighted by molar-refractivity contribution is 7.87. The van der Waals surface area contributed by atoms with E-state index in [1.54, 1.807) is 19.1 Å². The van der Waals surface area contributed by atoms with Crippen molar-refractivity contribution in [2.24, 2.45) is 0 Å². The van der Waals surface area contributed by atoms with Crippen molar-refractivity contribution in [1.29, 1.82) is 0 Å². The van der Waals surface area contributed by atoms with Gasteiger partial charge < -0.3 is 9.08 Å². The maximum atomic E-state index is 12.7. The fraction of sp³-hybridized carbons (Fsp3) is 0.286. The van der Waals surface area contributed by atoms with Gasteiger partial charge in [0.1, 0.15) is 16.7 Å². The van der Waals surface area contributed by atoms with Gasteiger partial charge in [0.25, 0.3) is 5.91 Å². The van der Waals surface area contributed by atoms with Gasteiger partial charge in [-0.3, -0.25) is 19.7 Å². The molecule has 30 heavy (non-hydrogen) atoms. The number of fused-ring (bicyclic) bond motifs is 1. The number of rotatable bonds is 4. The molecule has 0 bridgehead atoms. The SMILES string of the molecule is Cc1ccc(S(=O)(=O)Oc2ccc3c(c2)CN(C2CCC(=O)NC2=O)C3=O)c(C)c1. The van der Waals surface area contributed by atoms with E-state index in [0.29, 0.717) is 16.7 Å². The lowest BCUT2D eigenvalue weighted by Gasteiger charge is -2.29. The average Bonchev–Trinajstić information content (AvgIpc) is 2.97. The molecule has 156 valence electrons. The first kappa shape index (κ1) is 20.1. The number of carbonyl (C=O) groups is 3. The van der Waals surface area contributed by atoms with Crippen LogP contribution in [0.3, 0.4) is 0 Å². The first-order chi connectivity index (χ1) is 14.2. The fourth-order valence-electron chi connectivity index (χ4n) is 3.85. The predicted molar refractivity (Wildman–Crippen MR) is 106 cm³/mol. The van der Waals surface area contributed by atoms with E-state index in [2.05, 4.69) is 5.32 Å². The average molecular weight is 428 g/mol. The zero-order valence-electron chi connectivity index (χ0n) is 16.5. The Morgan fingerprint density at radius 1 is 1.07 bits per heavy atom. The summed E-state index contributed by atoms with van der Waals surface area (Å²) in [6.07, 6.45) is 0.424. The smallest absolute Gasteiger partial charge is 0.339 e. The number of piperidine rings is 1. The highest BCUT2D eigenvalue weighted by atomic mass is 32.2. The number of hydrogen-bond donors (Lipinski definition) is 1. The van der Waals surface area contributed by atoms with Gasteiger partial charge in [-0.05, 0) is 55.7 Å². The number of imide groups is 1. The van der Waals surface area contributed by atoms with Crippen molar-refractivity contribution in [2.75, 3.05) is 0 Å². The van der Waals surface area contributed by atoms with E-state index in [1.165, 1.54) is 29.2 Å². The Bertz CT molecular complexity index is 1190. The highest BCUT2D eigenvalue weighted by Gasteiger charge is 2.39. The van der Waals surface area contributed by atoms with Crippen molar-refractivity contribution < 1.29 is 27.0 Å². The lowest BCUT2D eigenvalue weighted by atomic mass is 10.0. The van der Waals surface area contributed by atoms with E-state index in [4.69, 9.17) is 4.18 Å². The molecule has 0 spiro atoms. The Hall–Kier alpha value is -3.20. The third kappa shape index (κ3) is 3.56. The molecule has 0 saturated carbocycles. The van der Waals surface area contributed by atoms with Crippen LogP contribution in [0.1, 0.15) is 39.9 Å². The minimum Gasteiger partial charge on any atom is -0.379 e. The zero-order valence-corrected chi connectivity index (χ0v) is 17.3. The first-order valence-corrected chi connectivity index (χ1v) is 10.9. The van der Waals surface area contributed by atoms with Gasteiger partial charge in [-0.2, -0.15) is 8.42 Å². The Labute approximate surface area is 174 Å². The summed E-state index contributed by atoms with van der Waals surface area (Å²) in [5.74, 6) is -1.09. The first-order valence-electron chi connectivity index (χ1n) is 9.45. The summed E-state index contributed by atoms with van der Waals surface area (Å²) in [6.45, 7) is 3.71. The van der Waals surface area contributed by atoms with Crippen LogP contribution in [0.2, 0.25) is 0 Å². The van der Waals surface area contributed by atoms with Crippen molar-refractivity contribution in [2.45, 2.75) is 44.2 Å². The molecule has 4 rings (SSSR count). The van der Waals surface area contributed by atoms with Gasteiger partial charge in [0.15, 0.2) is 0 Å². The van der Waals surface area contributed by atoms with Gasteiger partial charge >= 0.3 is 10.1 Å². The fourth-order valence-corrected chi connectivity index (χ4v) is 4.99.